The van der Waals surface area contributed by atoms with Crippen LogP contribution in [0, 0.1) is 11.3 Å². The molecule has 1 N–H and O–H groups in total. The molecule has 3 rings (SSSR count). The monoisotopic (exact) mass is 239 g/mol. The zero-order valence-electron chi connectivity index (χ0n) is 10.9. The number of hydrogen-bond donors (Lipinski definition) is 1. The summed E-state index contributed by atoms with van der Waals surface area (Å²) in [5.41, 5.74) is 0.234. The first-order valence-corrected chi connectivity index (χ1v) is 7.21. The van der Waals surface area contributed by atoms with Gasteiger partial charge in [-0.15, -0.1) is 0 Å². The van der Waals surface area contributed by atoms with Crippen LogP contribution >= 0.6 is 0 Å². The molecule has 0 spiro atoms. The topological polar surface area (TPSA) is 30.5 Å². The average Bonchev–Trinajstić information content (AvgIpc) is 3.20. The summed E-state index contributed by atoms with van der Waals surface area (Å²) in [5.74, 6) is 0.862. The van der Waals surface area contributed by atoms with Crippen LogP contribution in [0.1, 0.15) is 39.0 Å². The van der Waals surface area contributed by atoms with Crippen molar-refractivity contribution in [2.45, 2.75) is 51.2 Å². The Morgan fingerprint density at radius 2 is 2.12 bits per heavy atom. The summed E-state index contributed by atoms with van der Waals surface area (Å²) in [6, 6.07) is 0.781. The Morgan fingerprint density at radius 1 is 1.29 bits per heavy atom. The zero-order valence-corrected chi connectivity index (χ0v) is 10.9. The van der Waals surface area contributed by atoms with Crippen molar-refractivity contribution in [2.24, 2.45) is 11.3 Å². The molecule has 2 aliphatic carbocycles. The highest BCUT2D eigenvalue weighted by Gasteiger charge is 2.42. The molecule has 3 fully saturated rings. The van der Waals surface area contributed by atoms with Gasteiger partial charge in [-0.25, -0.2) is 0 Å². The first-order chi connectivity index (χ1) is 8.28. The van der Waals surface area contributed by atoms with E-state index in [0.717, 1.165) is 44.7 Å². The van der Waals surface area contributed by atoms with Gasteiger partial charge in [-0.3, -0.25) is 0 Å². The quantitative estimate of drug-likeness (QED) is 0.736. The second-order valence-corrected chi connectivity index (χ2v) is 6.24. The molecule has 3 heteroatoms. The van der Waals surface area contributed by atoms with Gasteiger partial charge in [0.05, 0.1) is 12.7 Å². The molecule has 0 aromatic heterocycles. The van der Waals surface area contributed by atoms with Crippen LogP contribution < -0.4 is 5.32 Å². The minimum Gasteiger partial charge on any atom is -0.380 e. The van der Waals surface area contributed by atoms with Crippen molar-refractivity contribution in [3.8, 4) is 0 Å². The molecule has 2 atom stereocenters. The normalized spacial score (nSPS) is 37.6. The van der Waals surface area contributed by atoms with Gasteiger partial charge >= 0.3 is 0 Å². The van der Waals surface area contributed by atoms with Crippen molar-refractivity contribution in [3.63, 3.8) is 0 Å². The van der Waals surface area contributed by atoms with Gasteiger partial charge in [0.25, 0.3) is 0 Å². The molecule has 3 aliphatic rings. The van der Waals surface area contributed by atoms with Gasteiger partial charge in [-0.1, -0.05) is 0 Å². The van der Waals surface area contributed by atoms with E-state index in [9.17, 15) is 0 Å². The lowest BCUT2D eigenvalue weighted by Gasteiger charge is -2.32. The van der Waals surface area contributed by atoms with E-state index in [4.69, 9.17) is 9.47 Å². The summed E-state index contributed by atoms with van der Waals surface area (Å²) < 4.78 is 11.7. The van der Waals surface area contributed by atoms with E-state index >= 15 is 0 Å². The molecule has 2 saturated carbocycles. The third kappa shape index (κ3) is 3.01. The van der Waals surface area contributed by atoms with Crippen LogP contribution in [0.5, 0.6) is 0 Å². The molecule has 2 unspecified atom stereocenters. The molecule has 0 aromatic carbocycles. The van der Waals surface area contributed by atoms with Crippen LogP contribution in [0.25, 0.3) is 0 Å². The van der Waals surface area contributed by atoms with Gasteiger partial charge in [0, 0.05) is 31.2 Å². The lowest BCUT2D eigenvalue weighted by Crippen LogP contribution is -2.44. The molecule has 0 bridgehead atoms. The van der Waals surface area contributed by atoms with Crippen LogP contribution in [0.2, 0.25) is 0 Å². The standard InChI is InChI=1S/C14H25NO2/c1-11-14(6-7-17-11,9-15-13-4-5-13)10-16-8-12-2-3-12/h11-13,15H,2-10H2,1H3. The largest absolute Gasteiger partial charge is 0.380 e. The highest BCUT2D eigenvalue weighted by Crippen LogP contribution is 2.37. The SMILES string of the molecule is CC1OCCC1(CNC1CC1)COCC1CC1. The van der Waals surface area contributed by atoms with Gasteiger partial charge < -0.3 is 14.8 Å². The Labute approximate surface area is 104 Å². The first kappa shape index (κ1) is 11.9. The van der Waals surface area contributed by atoms with E-state index in [2.05, 4.69) is 12.2 Å². The fourth-order valence-electron chi connectivity index (χ4n) is 2.64. The third-order valence-electron chi connectivity index (χ3n) is 4.59. The molecular weight excluding hydrogens is 214 g/mol. The fraction of sp³-hybridized carbons (Fsp3) is 1.00. The number of hydrogen-bond acceptors (Lipinski definition) is 3. The molecule has 17 heavy (non-hydrogen) atoms. The summed E-state index contributed by atoms with van der Waals surface area (Å²) in [4.78, 5) is 0. The number of nitrogens with one attached hydrogen (secondary N) is 1. The van der Waals surface area contributed by atoms with Gasteiger partial charge in [0.2, 0.25) is 0 Å². The molecule has 98 valence electrons. The average molecular weight is 239 g/mol. The highest BCUT2D eigenvalue weighted by molar-refractivity contribution is 4.94. The Bertz CT molecular complexity index is 263. The van der Waals surface area contributed by atoms with Gasteiger partial charge in [0.15, 0.2) is 0 Å². The fourth-order valence-corrected chi connectivity index (χ4v) is 2.64. The Kier molecular flexibility index (Phi) is 3.42. The van der Waals surface area contributed by atoms with Crippen molar-refractivity contribution in [2.75, 3.05) is 26.4 Å². The molecule has 1 saturated heterocycles. The van der Waals surface area contributed by atoms with E-state index in [1.165, 1.54) is 25.7 Å². The van der Waals surface area contributed by atoms with E-state index in [-0.39, 0.29) is 5.41 Å². The maximum Gasteiger partial charge on any atom is 0.0638 e. The van der Waals surface area contributed by atoms with Crippen LogP contribution in [0.15, 0.2) is 0 Å². The summed E-state index contributed by atoms with van der Waals surface area (Å²) in [6.07, 6.45) is 6.95. The summed E-state index contributed by atoms with van der Waals surface area (Å²) >= 11 is 0. The maximum atomic E-state index is 5.95. The predicted octanol–water partition coefficient (Wildman–Crippen LogP) is 1.96. The number of rotatable bonds is 7. The van der Waals surface area contributed by atoms with Gasteiger partial charge in [0.1, 0.15) is 0 Å². The van der Waals surface area contributed by atoms with Crippen molar-refractivity contribution >= 4 is 0 Å². The Balaban J connectivity index is 1.49. The van der Waals surface area contributed by atoms with E-state index in [1.807, 2.05) is 0 Å². The van der Waals surface area contributed by atoms with Crippen molar-refractivity contribution < 1.29 is 9.47 Å². The second kappa shape index (κ2) is 4.87. The Hall–Kier alpha value is -0.120. The van der Waals surface area contributed by atoms with E-state index < -0.39 is 0 Å². The van der Waals surface area contributed by atoms with Crippen LogP contribution in [-0.2, 0) is 9.47 Å². The molecule has 0 radical (unpaired) electrons. The summed E-state index contributed by atoms with van der Waals surface area (Å²) in [5, 5.41) is 3.66. The molecule has 0 aromatic rings. The predicted molar refractivity (Wildman–Crippen MR) is 67.0 cm³/mol. The first-order valence-electron chi connectivity index (χ1n) is 7.21. The van der Waals surface area contributed by atoms with E-state index in [0.29, 0.717) is 6.10 Å². The lowest BCUT2D eigenvalue weighted by molar-refractivity contribution is -0.00922. The van der Waals surface area contributed by atoms with Crippen molar-refractivity contribution in [1.82, 2.24) is 5.32 Å². The highest BCUT2D eigenvalue weighted by atomic mass is 16.5. The van der Waals surface area contributed by atoms with Crippen LogP contribution in [-0.4, -0.2) is 38.5 Å². The minimum atomic E-state index is 0.234. The van der Waals surface area contributed by atoms with Gasteiger partial charge in [-0.05, 0) is 44.9 Å². The maximum absolute atomic E-state index is 5.95. The lowest BCUT2D eigenvalue weighted by atomic mass is 9.82. The summed E-state index contributed by atoms with van der Waals surface area (Å²) in [6.45, 7) is 6.04. The van der Waals surface area contributed by atoms with Gasteiger partial charge in [-0.2, -0.15) is 0 Å². The molecule has 1 heterocycles. The smallest absolute Gasteiger partial charge is 0.0638 e. The van der Waals surface area contributed by atoms with Crippen molar-refractivity contribution in [3.05, 3.63) is 0 Å². The third-order valence-corrected chi connectivity index (χ3v) is 4.59. The number of ether oxygens (including phenoxy) is 2. The summed E-state index contributed by atoms with van der Waals surface area (Å²) in [7, 11) is 0. The molecule has 0 amide bonds. The zero-order chi connectivity index (χ0) is 11.7. The van der Waals surface area contributed by atoms with Crippen LogP contribution in [0.3, 0.4) is 0 Å². The molecular formula is C14H25NO2. The van der Waals surface area contributed by atoms with Crippen LogP contribution in [0.4, 0.5) is 0 Å². The van der Waals surface area contributed by atoms with Crippen molar-refractivity contribution in [1.29, 1.82) is 0 Å². The minimum absolute atomic E-state index is 0.234. The van der Waals surface area contributed by atoms with E-state index in [1.54, 1.807) is 0 Å². The molecule has 1 aliphatic heterocycles. The molecule has 3 nitrogen and oxygen atoms in total. The second-order valence-electron chi connectivity index (χ2n) is 6.24. The Morgan fingerprint density at radius 3 is 2.71 bits per heavy atom.